The van der Waals surface area contributed by atoms with Crippen molar-refractivity contribution >= 4 is 11.8 Å². The summed E-state index contributed by atoms with van der Waals surface area (Å²) in [5, 5.41) is 20.4. The van der Waals surface area contributed by atoms with E-state index in [0.717, 1.165) is 0 Å². The molecule has 1 aliphatic heterocycles. The summed E-state index contributed by atoms with van der Waals surface area (Å²) >= 11 is 0. The molecule has 2 amide bonds. The highest BCUT2D eigenvalue weighted by molar-refractivity contribution is 6.03. The molecule has 0 aliphatic carbocycles. The molecule has 2 rings (SSSR count). The molecule has 0 radical (unpaired) electrons. The Morgan fingerprint density at radius 1 is 1.15 bits per heavy atom. The Kier molecular flexibility index (Phi) is 3.67. The standard InChI is InChI=1S/C14H11N3O3/c1-20-9-4-2-3-8(5-9)12-10(6-15)13(18)17-14(19)11(12)7-16/h2-5,10-12H,1H3,(H,17,18,19)/t10-,11-/m1/s1. The van der Waals surface area contributed by atoms with Crippen LogP contribution in [0.5, 0.6) is 5.75 Å². The molecule has 0 bridgehead atoms. The van der Waals surface area contributed by atoms with Crippen molar-refractivity contribution in [3.05, 3.63) is 29.8 Å². The summed E-state index contributed by atoms with van der Waals surface area (Å²) in [5.74, 6) is -3.75. The monoisotopic (exact) mass is 269 g/mol. The minimum Gasteiger partial charge on any atom is -0.497 e. The van der Waals surface area contributed by atoms with Crippen LogP contribution in [0.4, 0.5) is 0 Å². The van der Waals surface area contributed by atoms with Gasteiger partial charge < -0.3 is 4.74 Å². The van der Waals surface area contributed by atoms with Gasteiger partial charge in [0.25, 0.3) is 0 Å². The maximum absolute atomic E-state index is 11.7. The maximum atomic E-state index is 11.7. The lowest BCUT2D eigenvalue weighted by atomic mass is 9.74. The zero-order valence-electron chi connectivity index (χ0n) is 10.7. The number of carbonyl (C=O) groups excluding carboxylic acids is 2. The third-order valence-corrected chi connectivity index (χ3v) is 3.29. The Morgan fingerprint density at radius 3 is 2.25 bits per heavy atom. The highest BCUT2D eigenvalue weighted by Gasteiger charge is 2.45. The Labute approximate surface area is 115 Å². The molecule has 1 aromatic rings. The molecule has 1 aromatic carbocycles. The summed E-state index contributed by atoms with van der Waals surface area (Å²) in [6.07, 6.45) is 0. The van der Waals surface area contributed by atoms with E-state index in [1.54, 1.807) is 24.3 Å². The first-order valence-electron chi connectivity index (χ1n) is 5.90. The van der Waals surface area contributed by atoms with Gasteiger partial charge in [0.2, 0.25) is 11.8 Å². The van der Waals surface area contributed by atoms with Gasteiger partial charge in [-0.3, -0.25) is 14.9 Å². The Bertz CT molecular complexity index is 610. The first-order chi connectivity index (χ1) is 9.62. The van der Waals surface area contributed by atoms with Gasteiger partial charge in [0.15, 0.2) is 0 Å². The first kappa shape index (κ1) is 13.6. The summed E-state index contributed by atoms with van der Waals surface area (Å²) in [5.41, 5.74) is 0.561. The third-order valence-electron chi connectivity index (χ3n) is 3.29. The van der Waals surface area contributed by atoms with Crippen LogP contribution in [0.25, 0.3) is 0 Å². The van der Waals surface area contributed by atoms with Crippen LogP contribution < -0.4 is 10.1 Å². The van der Waals surface area contributed by atoms with E-state index in [1.807, 2.05) is 12.1 Å². The average Bonchev–Trinajstić information content (AvgIpc) is 2.46. The quantitative estimate of drug-likeness (QED) is 0.796. The largest absolute Gasteiger partial charge is 0.497 e. The smallest absolute Gasteiger partial charge is 0.244 e. The summed E-state index contributed by atoms with van der Waals surface area (Å²) in [6.45, 7) is 0. The number of nitrogens with zero attached hydrogens (tertiary/aromatic N) is 2. The van der Waals surface area contributed by atoms with Crippen LogP contribution in [-0.4, -0.2) is 18.9 Å². The number of amides is 2. The van der Waals surface area contributed by atoms with Crippen molar-refractivity contribution < 1.29 is 14.3 Å². The molecule has 1 N–H and O–H groups in total. The molecule has 6 heteroatoms. The van der Waals surface area contributed by atoms with Crippen LogP contribution >= 0.6 is 0 Å². The van der Waals surface area contributed by atoms with Crippen molar-refractivity contribution in [2.24, 2.45) is 11.8 Å². The van der Waals surface area contributed by atoms with Crippen molar-refractivity contribution in [2.75, 3.05) is 7.11 Å². The number of carbonyl (C=O) groups is 2. The van der Waals surface area contributed by atoms with E-state index in [-0.39, 0.29) is 0 Å². The zero-order chi connectivity index (χ0) is 14.7. The Morgan fingerprint density at radius 2 is 1.75 bits per heavy atom. The van der Waals surface area contributed by atoms with Crippen LogP contribution in [-0.2, 0) is 9.59 Å². The summed E-state index contributed by atoms with van der Waals surface area (Å²) in [6, 6.07) is 10.4. The van der Waals surface area contributed by atoms with E-state index in [4.69, 9.17) is 15.3 Å². The average molecular weight is 269 g/mol. The molecule has 1 heterocycles. The molecule has 1 fully saturated rings. The lowest BCUT2D eigenvalue weighted by Crippen LogP contribution is -2.49. The molecule has 1 saturated heterocycles. The van der Waals surface area contributed by atoms with Crippen molar-refractivity contribution in [2.45, 2.75) is 5.92 Å². The van der Waals surface area contributed by atoms with E-state index >= 15 is 0 Å². The lowest BCUT2D eigenvalue weighted by molar-refractivity contribution is -0.137. The second kappa shape index (κ2) is 5.41. The number of benzene rings is 1. The number of rotatable bonds is 2. The Hall–Kier alpha value is -2.86. The van der Waals surface area contributed by atoms with Crippen LogP contribution in [0.1, 0.15) is 11.5 Å². The zero-order valence-corrected chi connectivity index (χ0v) is 10.7. The number of nitriles is 2. The van der Waals surface area contributed by atoms with E-state index in [0.29, 0.717) is 11.3 Å². The van der Waals surface area contributed by atoms with Crippen molar-refractivity contribution in [1.82, 2.24) is 5.32 Å². The van der Waals surface area contributed by atoms with Gasteiger partial charge in [-0.05, 0) is 17.7 Å². The molecule has 20 heavy (non-hydrogen) atoms. The molecule has 0 aromatic heterocycles. The van der Waals surface area contributed by atoms with Gasteiger partial charge in [0, 0.05) is 5.92 Å². The van der Waals surface area contributed by atoms with Gasteiger partial charge in [-0.25, -0.2) is 0 Å². The fraction of sp³-hybridized carbons (Fsp3) is 0.286. The van der Waals surface area contributed by atoms with E-state index in [1.165, 1.54) is 7.11 Å². The molecule has 0 saturated carbocycles. The molecule has 0 unspecified atom stereocenters. The molecule has 6 nitrogen and oxygen atoms in total. The van der Waals surface area contributed by atoms with Gasteiger partial charge in [-0.15, -0.1) is 0 Å². The minimum atomic E-state index is -1.08. The number of piperidine rings is 1. The summed E-state index contributed by atoms with van der Waals surface area (Å²) in [7, 11) is 1.49. The molecule has 0 spiro atoms. The molecular formula is C14H11N3O3. The second-order valence-corrected chi connectivity index (χ2v) is 4.37. The highest BCUT2D eigenvalue weighted by atomic mass is 16.5. The minimum absolute atomic E-state index is 0.536. The first-order valence-corrected chi connectivity index (χ1v) is 5.90. The number of imide groups is 1. The van der Waals surface area contributed by atoms with E-state index in [9.17, 15) is 9.59 Å². The van der Waals surface area contributed by atoms with Crippen LogP contribution in [0.3, 0.4) is 0 Å². The van der Waals surface area contributed by atoms with Crippen LogP contribution in [0.2, 0.25) is 0 Å². The predicted molar refractivity (Wildman–Crippen MR) is 67.1 cm³/mol. The fourth-order valence-corrected chi connectivity index (χ4v) is 2.31. The number of nitrogens with one attached hydrogen (secondary N) is 1. The fourth-order valence-electron chi connectivity index (χ4n) is 2.31. The number of hydrogen-bond acceptors (Lipinski definition) is 5. The van der Waals surface area contributed by atoms with Gasteiger partial charge in [-0.2, -0.15) is 10.5 Å². The second-order valence-electron chi connectivity index (χ2n) is 4.37. The number of methoxy groups -OCH3 is 1. The molecular weight excluding hydrogens is 258 g/mol. The number of hydrogen-bond donors (Lipinski definition) is 1. The third kappa shape index (κ3) is 2.19. The molecule has 100 valence electrons. The summed E-state index contributed by atoms with van der Waals surface area (Å²) in [4.78, 5) is 23.5. The Balaban J connectivity index is 2.52. The number of ether oxygens (including phenoxy) is 1. The van der Waals surface area contributed by atoms with Gasteiger partial charge in [0.05, 0.1) is 19.2 Å². The van der Waals surface area contributed by atoms with Crippen molar-refractivity contribution in [3.63, 3.8) is 0 Å². The normalized spacial score (nSPS) is 22.6. The van der Waals surface area contributed by atoms with Gasteiger partial charge >= 0.3 is 0 Å². The topological polar surface area (TPSA) is 103 Å². The SMILES string of the molecule is COc1cccc(C2[C@@H](C#N)C(=O)NC(=O)[C@@H]2C#N)c1. The van der Waals surface area contributed by atoms with E-state index < -0.39 is 29.6 Å². The maximum Gasteiger partial charge on any atom is 0.244 e. The van der Waals surface area contributed by atoms with Gasteiger partial charge in [-0.1, -0.05) is 12.1 Å². The van der Waals surface area contributed by atoms with Gasteiger partial charge in [0.1, 0.15) is 17.6 Å². The highest BCUT2D eigenvalue weighted by Crippen LogP contribution is 2.36. The molecule has 1 aliphatic rings. The summed E-state index contributed by atoms with van der Waals surface area (Å²) < 4.78 is 5.09. The molecule has 2 atom stereocenters. The van der Waals surface area contributed by atoms with Crippen molar-refractivity contribution in [1.29, 1.82) is 10.5 Å². The van der Waals surface area contributed by atoms with Crippen LogP contribution in [0, 0.1) is 34.5 Å². The van der Waals surface area contributed by atoms with Crippen LogP contribution in [0.15, 0.2) is 24.3 Å². The van der Waals surface area contributed by atoms with E-state index in [2.05, 4.69) is 5.32 Å². The van der Waals surface area contributed by atoms with Crippen molar-refractivity contribution in [3.8, 4) is 17.9 Å². The lowest BCUT2D eigenvalue weighted by Gasteiger charge is -2.29. The predicted octanol–water partition coefficient (Wildman–Crippen LogP) is 0.715.